The largest absolute Gasteiger partial charge is 0.344 e. The molecule has 1 aliphatic carbocycles. The summed E-state index contributed by atoms with van der Waals surface area (Å²) in [6, 6.07) is 4.31. The standard InChI is InChI=1S/C21H28FN5O5S/c22-16-5-4-6-17(15-16)33(31,32)26-13-11-25(12-14-26)10-7-18(28)24-27-19(29)21(23-20(27)30)8-2-1-3-9-21/h4-6,15H,1-3,7-14H2,(H,23,30)(H,24,28). The number of sulfonamides is 1. The van der Waals surface area contributed by atoms with Crippen LogP contribution >= 0.6 is 0 Å². The predicted molar refractivity (Wildman–Crippen MR) is 116 cm³/mol. The third kappa shape index (κ3) is 4.87. The van der Waals surface area contributed by atoms with Gasteiger partial charge in [-0.2, -0.15) is 9.31 Å². The SMILES string of the molecule is O=C(CCN1CCN(S(=O)(=O)c2cccc(F)c2)CC1)NN1C(=O)NC2(CCCCC2)C1=O. The van der Waals surface area contributed by atoms with E-state index in [2.05, 4.69) is 10.7 Å². The summed E-state index contributed by atoms with van der Waals surface area (Å²) in [6.45, 7) is 1.61. The molecule has 1 spiro atoms. The van der Waals surface area contributed by atoms with Crippen molar-refractivity contribution in [3.63, 3.8) is 0 Å². The molecule has 0 atom stereocenters. The zero-order valence-electron chi connectivity index (χ0n) is 18.3. The van der Waals surface area contributed by atoms with Crippen LogP contribution in [0.2, 0.25) is 0 Å². The van der Waals surface area contributed by atoms with Crippen LogP contribution in [-0.2, 0) is 19.6 Å². The van der Waals surface area contributed by atoms with Gasteiger partial charge in [-0.05, 0) is 31.0 Å². The van der Waals surface area contributed by atoms with Gasteiger partial charge in [0.15, 0.2) is 0 Å². The van der Waals surface area contributed by atoms with E-state index in [4.69, 9.17) is 0 Å². The van der Waals surface area contributed by atoms with E-state index in [9.17, 15) is 27.2 Å². The number of piperazine rings is 1. The highest BCUT2D eigenvalue weighted by Gasteiger charge is 2.52. The third-order valence-electron chi connectivity index (χ3n) is 6.53. The van der Waals surface area contributed by atoms with Gasteiger partial charge < -0.3 is 10.2 Å². The van der Waals surface area contributed by atoms with Crippen molar-refractivity contribution in [2.45, 2.75) is 49.0 Å². The molecule has 1 aromatic rings. The molecule has 12 heteroatoms. The number of carbonyl (C=O) groups excluding carboxylic acids is 3. The zero-order chi connectivity index (χ0) is 23.6. The number of benzene rings is 1. The van der Waals surface area contributed by atoms with Gasteiger partial charge in [0.2, 0.25) is 15.9 Å². The van der Waals surface area contributed by atoms with E-state index in [0.29, 0.717) is 32.5 Å². The molecule has 0 aromatic heterocycles. The fraction of sp³-hybridized carbons (Fsp3) is 0.571. The molecule has 1 saturated carbocycles. The number of hydrogen-bond donors (Lipinski definition) is 2. The van der Waals surface area contributed by atoms with Crippen LogP contribution < -0.4 is 10.7 Å². The Hall–Kier alpha value is -2.57. The van der Waals surface area contributed by atoms with E-state index in [1.165, 1.54) is 22.5 Å². The lowest BCUT2D eigenvalue weighted by Gasteiger charge is -2.33. The summed E-state index contributed by atoms with van der Waals surface area (Å²) in [4.78, 5) is 39.2. The molecule has 0 unspecified atom stereocenters. The van der Waals surface area contributed by atoms with Crippen LogP contribution in [0.4, 0.5) is 9.18 Å². The molecule has 180 valence electrons. The molecule has 2 heterocycles. The second-order valence-corrected chi connectivity index (χ2v) is 10.6. The monoisotopic (exact) mass is 481 g/mol. The van der Waals surface area contributed by atoms with Gasteiger partial charge in [-0.15, -0.1) is 0 Å². The van der Waals surface area contributed by atoms with Crippen molar-refractivity contribution in [3.05, 3.63) is 30.1 Å². The molecule has 4 rings (SSSR count). The van der Waals surface area contributed by atoms with Gasteiger partial charge in [0.25, 0.3) is 5.91 Å². The minimum atomic E-state index is -3.78. The van der Waals surface area contributed by atoms with Crippen LogP contribution in [0.5, 0.6) is 0 Å². The smallest absolute Gasteiger partial charge is 0.322 e. The second-order valence-electron chi connectivity index (χ2n) is 8.70. The van der Waals surface area contributed by atoms with Crippen LogP contribution in [-0.4, -0.2) is 78.7 Å². The summed E-state index contributed by atoms with van der Waals surface area (Å²) in [5.74, 6) is -1.47. The number of imide groups is 1. The lowest BCUT2D eigenvalue weighted by molar-refractivity contribution is -0.140. The fourth-order valence-electron chi connectivity index (χ4n) is 4.63. The first-order chi connectivity index (χ1) is 15.7. The lowest BCUT2D eigenvalue weighted by Crippen LogP contribution is -2.52. The maximum atomic E-state index is 13.4. The average Bonchev–Trinajstić information content (AvgIpc) is 3.02. The minimum absolute atomic E-state index is 0.0563. The Bertz CT molecular complexity index is 1040. The Morgan fingerprint density at radius 2 is 1.79 bits per heavy atom. The third-order valence-corrected chi connectivity index (χ3v) is 8.42. The van der Waals surface area contributed by atoms with Crippen LogP contribution in [0.25, 0.3) is 0 Å². The molecule has 2 saturated heterocycles. The van der Waals surface area contributed by atoms with Crippen molar-refractivity contribution >= 4 is 27.9 Å². The number of hydrazine groups is 1. The molecule has 2 aliphatic heterocycles. The Labute approximate surface area is 192 Å². The van der Waals surface area contributed by atoms with Crippen LogP contribution in [0.15, 0.2) is 29.2 Å². The van der Waals surface area contributed by atoms with E-state index < -0.39 is 39.2 Å². The van der Waals surface area contributed by atoms with Gasteiger partial charge in [-0.3, -0.25) is 15.0 Å². The number of urea groups is 1. The number of rotatable bonds is 6. The van der Waals surface area contributed by atoms with E-state index in [1.807, 2.05) is 4.90 Å². The highest BCUT2D eigenvalue weighted by molar-refractivity contribution is 7.89. The van der Waals surface area contributed by atoms with Crippen molar-refractivity contribution in [1.29, 1.82) is 0 Å². The van der Waals surface area contributed by atoms with Gasteiger partial charge in [0.1, 0.15) is 11.4 Å². The minimum Gasteiger partial charge on any atom is -0.322 e. The lowest BCUT2D eigenvalue weighted by atomic mass is 9.82. The first kappa shape index (κ1) is 23.6. The highest BCUT2D eigenvalue weighted by Crippen LogP contribution is 2.33. The van der Waals surface area contributed by atoms with Crippen molar-refractivity contribution in [1.82, 2.24) is 25.0 Å². The summed E-state index contributed by atoms with van der Waals surface area (Å²) in [5, 5.41) is 3.53. The van der Waals surface area contributed by atoms with Crippen molar-refractivity contribution < 1.29 is 27.2 Å². The molecular formula is C21H28FN5O5S. The highest BCUT2D eigenvalue weighted by atomic mass is 32.2. The number of amides is 4. The molecule has 4 amide bonds. The summed E-state index contributed by atoms with van der Waals surface area (Å²) in [6.07, 6.45) is 3.94. The number of carbonyl (C=O) groups is 3. The molecule has 10 nitrogen and oxygen atoms in total. The fourth-order valence-corrected chi connectivity index (χ4v) is 6.08. The number of nitrogens with zero attached hydrogens (tertiary/aromatic N) is 3. The van der Waals surface area contributed by atoms with Crippen molar-refractivity contribution in [3.8, 4) is 0 Å². The van der Waals surface area contributed by atoms with Crippen LogP contribution in [0.1, 0.15) is 38.5 Å². The molecule has 3 fully saturated rings. The quantitative estimate of drug-likeness (QED) is 0.581. The van der Waals surface area contributed by atoms with Gasteiger partial charge in [0.05, 0.1) is 4.90 Å². The Balaban J connectivity index is 1.25. The number of nitrogens with one attached hydrogen (secondary N) is 2. The molecule has 33 heavy (non-hydrogen) atoms. The molecule has 1 aromatic carbocycles. The second kappa shape index (κ2) is 9.35. The summed E-state index contributed by atoms with van der Waals surface area (Å²) in [7, 11) is -3.78. The Kier molecular flexibility index (Phi) is 6.68. The van der Waals surface area contributed by atoms with E-state index in [-0.39, 0.29) is 24.4 Å². The maximum absolute atomic E-state index is 13.4. The van der Waals surface area contributed by atoms with Gasteiger partial charge in [-0.1, -0.05) is 25.3 Å². The van der Waals surface area contributed by atoms with Gasteiger partial charge in [0, 0.05) is 39.1 Å². The zero-order valence-corrected chi connectivity index (χ0v) is 19.1. The van der Waals surface area contributed by atoms with E-state index in [1.54, 1.807) is 0 Å². The normalized spacial score (nSPS) is 21.9. The molecular weight excluding hydrogens is 453 g/mol. The number of hydrogen-bond acceptors (Lipinski definition) is 6. The molecule has 2 N–H and O–H groups in total. The average molecular weight is 482 g/mol. The Morgan fingerprint density at radius 3 is 2.45 bits per heavy atom. The summed E-state index contributed by atoms with van der Waals surface area (Å²) in [5.41, 5.74) is 1.52. The Morgan fingerprint density at radius 1 is 1.09 bits per heavy atom. The first-order valence-corrected chi connectivity index (χ1v) is 12.6. The first-order valence-electron chi connectivity index (χ1n) is 11.2. The molecule has 3 aliphatic rings. The van der Waals surface area contributed by atoms with E-state index in [0.717, 1.165) is 30.3 Å². The van der Waals surface area contributed by atoms with Gasteiger partial charge in [-0.25, -0.2) is 17.6 Å². The topological polar surface area (TPSA) is 119 Å². The predicted octanol–water partition coefficient (Wildman–Crippen LogP) is 0.808. The summed E-state index contributed by atoms with van der Waals surface area (Å²) >= 11 is 0. The number of halogens is 1. The van der Waals surface area contributed by atoms with E-state index >= 15 is 0 Å². The van der Waals surface area contributed by atoms with Crippen molar-refractivity contribution in [2.75, 3.05) is 32.7 Å². The molecule has 0 radical (unpaired) electrons. The summed E-state index contributed by atoms with van der Waals surface area (Å²) < 4.78 is 40.1. The van der Waals surface area contributed by atoms with Crippen LogP contribution in [0.3, 0.4) is 0 Å². The van der Waals surface area contributed by atoms with Gasteiger partial charge >= 0.3 is 6.03 Å². The van der Waals surface area contributed by atoms with Crippen molar-refractivity contribution in [2.24, 2.45) is 0 Å². The molecule has 0 bridgehead atoms. The van der Waals surface area contributed by atoms with Crippen LogP contribution in [0, 0.1) is 5.82 Å². The maximum Gasteiger partial charge on any atom is 0.344 e.